The first-order valence-electron chi connectivity index (χ1n) is 6.70. The molecule has 0 aromatic heterocycles. The van der Waals surface area contributed by atoms with Crippen LogP contribution in [0.2, 0.25) is 0 Å². The molecule has 2 bridgehead atoms. The summed E-state index contributed by atoms with van der Waals surface area (Å²) in [7, 11) is 0. The van der Waals surface area contributed by atoms with Crippen molar-refractivity contribution in [2.24, 2.45) is 23.7 Å². The molecule has 0 spiro atoms. The van der Waals surface area contributed by atoms with Crippen LogP contribution in [-0.4, -0.2) is 25.2 Å². The Kier molecular flexibility index (Phi) is 2.66. The van der Waals surface area contributed by atoms with Gasteiger partial charge >= 0.3 is 5.97 Å². The highest BCUT2D eigenvalue weighted by atomic mass is 16.5. The lowest BCUT2D eigenvalue weighted by Gasteiger charge is -2.09. The molecule has 3 aliphatic carbocycles. The summed E-state index contributed by atoms with van der Waals surface area (Å²) in [5.74, 6) is 3.87. The Morgan fingerprint density at radius 3 is 2.62 bits per heavy atom. The molecule has 0 heterocycles. The Morgan fingerprint density at radius 1 is 1.31 bits per heavy atom. The minimum atomic E-state index is -0.0659. The SMILES string of the molecule is CCOC(=O)CCNC1C2C3CCC(C3)C12. The van der Waals surface area contributed by atoms with E-state index in [0.29, 0.717) is 13.0 Å². The van der Waals surface area contributed by atoms with Gasteiger partial charge in [-0.2, -0.15) is 0 Å². The van der Waals surface area contributed by atoms with Crippen LogP contribution in [0, 0.1) is 23.7 Å². The summed E-state index contributed by atoms with van der Waals surface area (Å²) < 4.78 is 4.91. The molecular weight excluding hydrogens is 202 g/mol. The highest BCUT2D eigenvalue weighted by molar-refractivity contribution is 5.69. The summed E-state index contributed by atoms with van der Waals surface area (Å²) in [6.45, 7) is 3.15. The van der Waals surface area contributed by atoms with Crippen LogP contribution in [0.1, 0.15) is 32.6 Å². The van der Waals surface area contributed by atoms with Crippen molar-refractivity contribution in [3.05, 3.63) is 0 Å². The lowest BCUT2D eigenvalue weighted by atomic mass is 10.0. The second-order valence-corrected chi connectivity index (χ2v) is 5.52. The molecule has 0 aromatic carbocycles. The maximum atomic E-state index is 11.2. The zero-order chi connectivity index (χ0) is 11.1. The molecule has 0 aliphatic heterocycles. The fraction of sp³-hybridized carbons (Fsp3) is 0.923. The van der Waals surface area contributed by atoms with Crippen LogP contribution in [0.4, 0.5) is 0 Å². The van der Waals surface area contributed by atoms with Gasteiger partial charge < -0.3 is 10.1 Å². The van der Waals surface area contributed by atoms with Crippen LogP contribution in [0.3, 0.4) is 0 Å². The highest BCUT2D eigenvalue weighted by Crippen LogP contribution is 2.65. The van der Waals surface area contributed by atoms with Gasteiger partial charge in [-0.25, -0.2) is 0 Å². The van der Waals surface area contributed by atoms with E-state index in [-0.39, 0.29) is 5.97 Å². The van der Waals surface area contributed by atoms with Gasteiger partial charge in [-0.05, 0) is 49.9 Å². The summed E-state index contributed by atoms with van der Waals surface area (Å²) in [6, 6.07) is 0.737. The number of fused-ring (bicyclic) bond motifs is 5. The first-order chi connectivity index (χ1) is 7.81. The van der Waals surface area contributed by atoms with Gasteiger partial charge in [0.2, 0.25) is 0 Å². The van der Waals surface area contributed by atoms with Crippen LogP contribution >= 0.6 is 0 Å². The average Bonchev–Trinajstić information content (AvgIpc) is 2.69. The smallest absolute Gasteiger partial charge is 0.307 e. The van der Waals surface area contributed by atoms with Gasteiger partial charge in [-0.15, -0.1) is 0 Å². The number of hydrogen-bond donors (Lipinski definition) is 1. The average molecular weight is 223 g/mol. The van der Waals surface area contributed by atoms with Crippen molar-refractivity contribution in [1.82, 2.24) is 5.32 Å². The fourth-order valence-corrected chi connectivity index (χ4v) is 4.17. The monoisotopic (exact) mass is 223 g/mol. The molecule has 4 unspecified atom stereocenters. The maximum absolute atomic E-state index is 11.2. The largest absolute Gasteiger partial charge is 0.466 e. The van der Waals surface area contributed by atoms with E-state index in [1.165, 1.54) is 19.3 Å². The van der Waals surface area contributed by atoms with Crippen LogP contribution in [0.5, 0.6) is 0 Å². The Hall–Kier alpha value is -0.570. The summed E-state index contributed by atoms with van der Waals surface area (Å²) in [4.78, 5) is 11.2. The van der Waals surface area contributed by atoms with Gasteiger partial charge in [-0.1, -0.05) is 0 Å². The molecular formula is C13H21NO2. The molecule has 90 valence electrons. The summed E-state index contributed by atoms with van der Waals surface area (Å²) in [5, 5.41) is 3.55. The van der Waals surface area contributed by atoms with Crippen molar-refractivity contribution in [2.45, 2.75) is 38.6 Å². The van der Waals surface area contributed by atoms with E-state index in [4.69, 9.17) is 4.74 Å². The van der Waals surface area contributed by atoms with E-state index in [0.717, 1.165) is 36.3 Å². The van der Waals surface area contributed by atoms with Crippen LogP contribution < -0.4 is 5.32 Å². The third kappa shape index (κ3) is 1.65. The third-order valence-electron chi connectivity index (χ3n) is 4.75. The van der Waals surface area contributed by atoms with Gasteiger partial charge in [0.15, 0.2) is 0 Å². The van der Waals surface area contributed by atoms with Gasteiger partial charge in [0.1, 0.15) is 0 Å². The van der Waals surface area contributed by atoms with Crippen molar-refractivity contribution < 1.29 is 9.53 Å². The van der Waals surface area contributed by atoms with Crippen LogP contribution in [0.25, 0.3) is 0 Å². The van der Waals surface area contributed by atoms with E-state index in [1.54, 1.807) is 0 Å². The lowest BCUT2D eigenvalue weighted by Crippen LogP contribution is -2.26. The fourth-order valence-electron chi connectivity index (χ4n) is 4.17. The quantitative estimate of drug-likeness (QED) is 0.719. The van der Waals surface area contributed by atoms with Crippen molar-refractivity contribution >= 4 is 5.97 Å². The molecule has 0 radical (unpaired) electrons. The molecule has 0 saturated heterocycles. The van der Waals surface area contributed by atoms with Gasteiger partial charge in [0.25, 0.3) is 0 Å². The molecule has 3 fully saturated rings. The predicted octanol–water partition coefficient (Wildman–Crippen LogP) is 1.57. The Balaban J connectivity index is 1.38. The first kappa shape index (κ1) is 10.6. The maximum Gasteiger partial charge on any atom is 0.307 e. The zero-order valence-corrected chi connectivity index (χ0v) is 9.95. The van der Waals surface area contributed by atoms with E-state index in [9.17, 15) is 4.79 Å². The number of carbonyl (C=O) groups excluding carboxylic acids is 1. The predicted molar refractivity (Wildman–Crippen MR) is 60.9 cm³/mol. The normalized spacial score (nSPS) is 43.2. The van der Waals surface area contributed by atoms with E-state index in [1.807, 2.05) is 6.92 Å². The number of ether oxygens (including phenoxy) is 1. The molecule has 3 rings (SSSR count). The van der Waals surface area contributed by atoms with Crippen LogP contribution in [0.15, 0.2) is 0 Å². The van der Waals surface area contributed by atoms with Crippen LogP contribution in [-0.2, 0) is 9.53 Å². The summed E-state index contributed by atoms with van der Waals surface area (Å²) in [6.07, 6.45) is 4.94. The van der Waals surface area contributed by atoms with Gasteiger partial charge in [0.05, 0.1) is 13.0 Å². The van der Waals surface area contributed by atoms with Gasteiger partial charge in [0, 0.05) is 12.6 Å². The number of nitrogens with one attached hydrogen (secondary N) is 1. The minimum Gasteiger partial charge on any atom is -0.466 e. The second-order valence-electron chi connectivity index (χ2n) is 5.52. The summed E-state index contributed by atoms with van der Waals surface area (Å²) in [5.41, 5.74) is 0. The number of carbonyl (C=O) groups is 1. The summed E-state index contributed by atoms with van der Waals surface area (Å²) >= 11 is 0. The standard InChI is InChI=1S/C13H21NO2/c1-2-16-10(15)5-6-14-13-11-8-3-4-9(7-8)12(11)13/h8-9,11-14H,2-7H2,1H3. The Morgan fingerprint density at radius 2 is 2.00 bits per heavy atom. The molecule has 4 atom stereocenters. The lowest BCUT2D eigenvalue weighted by molar-refractivity contribution is -0.142. The second kappa shape index (κ2) is 4.02. The number of rotatable bonds is 5. The van der Waals surface area contributed by atoms with Crippen molar-refractivity contribution in [3.63, 3.8) is 0 Å². The van der Waals surface area contributed by atoms with E-state index >= 15 is 0 Å². The zero-order valence-electron chi connectivity index (χ0n) is 9.95. The highest BCUT2D eigenvalue weighted by Gasteiger charge is 2.64. The molecule has 3 nitrogen and oxygen atoms in total. The number of hydrogen-bond acceptors (Lipinski definition) is 3. The van der Waals surface area contributed by atoms with E-state index in [2.05, 4.69) is 5.32 Å². The molecule has 0 aromatic rings. The molecule has 16 heavy (non-hydrogen) atoms. The topological polar surface area (TPSA) is 38.3 Å². The molecule has 3 aliphatic rings. The molecule has 1 N–H and O–H groups in total. The first-order valence-corrected chi connectivity index (χ1v) is 6.70. The number of esters is 1. The Bertz CT molecular complexity index is 276. The minimum absolute atomic E-state index is 0.0659. The van der Waals surface area contributed by atoms with Crippen molar-refractivity contribution in [1.29, 1.82) is 0 Å². The molecule has 3 saturated carbocycles. The molecule has 3 heteroatoms. The third-order valence-corrected chi connectivity index (χ3v) is 4.75. The van der Waals surface area contributed by atoms with Crippen molar-refractivity contribution in [2.75, 3.05) is 13.2 Å². The molecule has 0 amide bonds. The van der Waals surface area contributed by atoms with Crippen molar-refractivity contribution in [3.8, 4) is 0 Å². The Labute approximate surface area is 96.9 Å². The van der Waals surface area contributed by atoms with Gasteiger partial charge in [-0.3, -0.25) is 4.79 Å². The van der Waals surface area contributed by atoms with E-state index < -0.39 is 0 Å².